The number of rotatable bonds is 7. The second-order valence-electron chi connectivity index (χ2n) is 6.25. The number of amides is 1. The first-order chi connectivity index (χ1) is 12.2. The highest BCUT2D eigenvalue weighted by molar-refractivity contribution is 7.90. The predicted molar refractivity (Wildman–Crippen MR) is 98.2 cm³/mol. The number of hydrogen-bond acceptors (Lipinski definition) is 7. The molecule has 0 saturated carbocycles. The second-order valence-corrected chi connectivity index (χ2v) is 8.27. The predicted octanol–water partition coefficient (Wildman–Crippen LogP) is 0.647. The zero-order chi connectivity index (χ0) is 19.3. The summed E-state index contributed by atoms with van der Waals surface area (Å²) in [6, 6.07) is 3.95. The van der Waals surface area contributed by atoms with Crippen molar-refractivity contribution in [3.05, 3.63) is 28.3 Å². The molecule has 26 heavy (non-hydrogen) atoms. The summed E-state index contributed by atoms with van der Waals surface area (Å²) in [4.78, 5) is 26.5. The van der Waals surface area contributed by atoms with Crippen molar-refractivity contribution < 1.29 is 18.1 Å². The van der Waals surface area contributed by atoms with Gasteiger partial charge in [0.25, 0.3) is 5.69 Å². The van der Waals surface area contributed by atoms with Gasteiger partial charge in [0, 0.05) is 44.9 Å². The second kappa shape index (κ2) is 8.45. The Kier molecular flexibility index (Phi) is 6.54. The Morgan fingerprint density at radius 1 is 1.27 bits per heavy atom. The number of hydrogen-bond donors (Lipinski definition) is 1. The lowest BCUT2D eigenvalue weighted by Crippen LogP contribution is -2.49. The van der Waals surface area contributed by atoms with Gasteiger partial charge in [0.1, 0.15) is 5.69 Å². The van der Waals surface area contributed by atoms with Crippen LogP contribution in [0, 0.1) is 10.1 Å². The van der Waals surface area contributed by atoms with E-state index in [2.05, 4.69) is 5.32 Å². The van der Waals surface area contributed by atoms with Crippen LogP contribution in [-0.4, -0.2) is 70.2 Å². The molecule has 1 N–H and O–H groups in total. The third-order valence-corrected chi connectivity index (χ3v) is 5.47. The van der Waals surface area contributed by atoms with Gasteiger partial charge >= 0.3 is 0 Å². The van der Waals surface area contributed by atoms with Gasteiger partial charge < -0.3 is 15.1 Å². The Hall–Kier alpha value is -2.20. The number of nitrogens with zero attached hydrogens (tertiary/aromatic N) is 3. The van der Waals surface area contributed by atoms with Crippen LogP contribution in [0.5, 0.6) is 0 Å². The molecule has 1 amide bonds. The number of carbonyl (C=O) groups excluding carboxylic acids is 1. The molecule has 1 saturated heterocycles. The summed E-state index contributed by atoms with van der Waals surface area (Å²) in [5.74, 6) is 0.0850. The number of anilines is 1. The van der Waals surface area contributed by atoms with E-state index in [1.807, 2.05) is 11.9 Å². The van der Waals surface area contributed by atoms with Crippen LogP contribution in [0.4, 0.5) is 11.4 Å². The van der Waals surface area contributed by atoms with Gasteiger partial charge in [0.2, 0.25) is 5.91 Å². The van der Waals surface area contributed by atoms with Crippen LogP contribution in [0.1, 0.15) is 12.8 Å². The Labute approximate surface area is 153 Å². The highest BCUT2D eigenvalue weighted by Crippen LogP contribution is 2.31. The normalized spacial score (nSPS) is 15.2. The SMILES string of the molecule is CNCCCC(=O)N1CCN(c2ccc(S(C)(=O)=O)cc2[N+](=O)[O-])CC1. The first-order valence-corrected chi connectivity index (χ1v) is 10.3. The van der Waals surface area contributed by atoms with Crippen molar-refractivity contribution in [2.45, 2.75) is 17.7 Å². The van der Waals surface area contributed by atoms with E-state index in [4.69, 9.17) is 0 Å². The molecular formula is C16H24N4O5S. The van der Waals surface area contributed by atoms with Gasteiger partial charge in [0.05, 0.1) is 9.82 Å². The first kappa shape index (κ1) is 20.1. The summed E-state index contributed by atoms with van der Waals surface area (Å²) in [5.41, 5.74) is 0.145. The number of sulfone groups is 1. The maximum Gasteiger partial charge on any atom is 0.293 e. The lowest BCUT2D eigenvalue weighted by Gasteiger charge is -2.36. The van der Waals surface area contributed by atoms with E-state index in [0.717, 1.165) is 25.3 Å². The van der Waals surface area contributed by atoms with Gasteiger partial charge in [-0.15, -0.1) is 0 Å². The molecule has 2 rings (SSSR count). The summed E-state index contributed by atoms with van der Waals surface area (Å²) >= 11 is 0. The molecule has 1 aromatic carbocycles. The lowest BCUT2D eigenvalue weighted by molar-refractivity contribution is -0.384. The van der Waals surface area contributed by atoms with Crippen LogP contribution in [0.15, 0.2) is 23.1 Å². The summed E-state index contributed by atoms with van der Waals surface area (Å²) < 4.78 is 23.3. The van der Waals surface area contributed by atoms with Gasteiger partial charge in [-0.25, -0.2) is 8.42 Å². The average molecular weight is 384 g/mol. The Bertz CT molecular complexity index is 773. The Morgan fingerprint density at radius 2 is 1.92 bits per heavy atom. The molecule has 0 spiro atoms. The Morgan fingerprint density at radius 3 is 2.46 bits per heavy atom. The third-order valence-electron chi connectivity index (χ3n) is 4.36. The number of carbonyl (C=O) groups is 1. The number of piperazine rings is 1. The van der Waals surface area contributed by atoms with Crippen LogP contribution < -0.4 is 10.2 Å². The van der Waals surface area contributed by atoms with E-state index in [1.165, 1.54) is 12.1 Å². The van der Waals surface area contributed by atoms with Crippen molar-refractivity contribution in [2.75, 3.05) is 50.9 Å². The van der Waals surface area contributed by atoms with Crippen LogP contribution in [-0.2, 0) is 14.6 Å². The molecule has 0 bridgehead atoms. The third kappa shape index (κ3) is 4.92. The first-order valence-electron chi connectivity index (χ1n) is 8.40. The van der Waals surface area contributed by atoms with E-state index in [-0.39, 0.29) is 16.5 Å². The minimum absolute atomic E-state index is 0.0775. The molecule has 1 heterocycles. The highest BCUT2D eigenvalue weighted by atomic mass is 32.2. The quantitative estimate of drug-likeness (QED) is 0.417. The zero-order valence-corrected chi connectivity index (χ0v) is 15.8. The smallest absolute Gasteiger partial charge is 0.293 e. The minimum atomic E-state index is -3.52. The van der Waals surface area contributed by atoms with E-state index in [1.54, 1.807) is 4.90 Å². The van der Waals surface area contributed by atoms with Crippen molar-refractivity contribution in [1.82, 2.24) is 10.2 Å². The molecule has 9 nitrogen and oxygen atoms in total. The standard InChI is InChI=1S/C16H24N4O5S/c1-17-7-3-4-16(21)19-10-8-18(9-11-19)14-6-5-13(26(2,24)25)12-15(14)20(22)23/h5-6,12,17H,3-4,7-11H2,1-2H3. The van der Waals surface area contributed by atoms with Crippen molar-refractivity contribution in [1.29, 1.82) is 0 Å². The molecule has 0 radical (unpaired) electrons. The number of nitro benzene ring substituents is 1. The summed E-state index contributed by atoms with van der Waals surface area (Å²) in [5, 5.41) is 14.4. The van der Waals surface area contributed by atoms with Crippen LogP contribution in [0.3, 0.4) is 0 Å². The maximum atomic E-state index is 12.2. The topological polar surface area (TPSA) is 113 Å². The molecule has 0 aromatic heterocycles. The maximum absolute atomic E-state index is 12.2. The number of nitro groups is 1. The van der Waals surface area contributed by atoms with Crippen LogP contribution >= 0.6 is 0 Å². The summed E-state index contributed by atoms with van der Waals surface area (Å²) in [6.07, 6.45) is 2.27. The van der Waals surface area contributed by atoms with Gasteiger partial charge in [0.15, 0.2) is 9.84 Å². The molecule has 10 heteroatoms. The summed E-state index contributed by atoms with van der Waals surface area (Å²) in [6.45, 7) is 2.70. The van der Waals surface area contributed by atoms with Gasteiger partial charge in [-0.2, -0.15) is 0 Å². The monoisotopic (exact) mass is 384 g/mol. The fraction of sp³-hybridized carbons (Fsp3) is 0.562. The molecule has 1 aromatic rings. The van der Waals surface area contributed by atoms with Gasteiger partial charge in [-0.3, -0.25) is 14.9 Å². The molecule has 1 aliphatic rings. The minimum Gasteiger partial charge on any atom is -0.362 e. The highest BCUT2D eigenvalue weighted by Gasteiger charge is 2.27. The van der Waals surface area contributed by atoms with Crippen molar-refractivity contribution >= 4 is 27.1 Å². The fourth-order valence-corrected chi connectivity index (χ4v) is 3.56. The zero-order valence-electron chi connectivity index (χ0n) is 15.0. The molecule has 0 aliphatic carbocycles. The van der Waals surface area contributed by atoms with Crippen molar-refractivity contribution in [2.24, 2.45) is 0 Å². The van der Waals surface area contributed by atoms with Crippen molar-refractivity contribution in [3.8, 4) is 0 Å². The molecule has 1 aliphatic heterocycles. The van der Waals surface area contributed by atoms with E-state index in [0.29, 0.717) is 38.3 Å². The van der Waals surface area contributed by atoms with Crippen LogP contribution in [0.2, 0.25) is 0 Å². The Balaban J connectivity index is 2.09. The van der Waals surface area contributed by atoms with E-state index < -0.39 is 14.8 Å². The van der Waals surface area contributed by atoms with E-state index >= 15 is 0 Å². The van der Waals surface area contributed by atoms with Gasteiger partial charge in [-0.05, 0) is 32.1 Å². The van der Waals surface area contributed by atoms with E-state index in [9.17, 15) is 23.3 Å². The molecular weight excluding hydrogens is 360 g/mol. The fourth-order valence-electron chi connectivity index (χ4n) is 2.92. The molecule has 0 unspecified atom stereocenters. The molecule has 0 atom stereocenters. The van der Waals surface area contributed by atoms with Crippen molar-refractivity contribution in [3.63, 3.8) is 0 Å². The molecule has 144 valence electrons. The van der Waals surface area contributed by atoms with Gasteiger partial charge in [-0.1, -0.05) is 0 Å². The lowest BCUT2D eigenvalue weighted by atomic mass is 10.2. The number of benzene rings is 1. The summed E-state index contributed by atoms with van der Waals surface area (Å²) in [7, 11) is -1.68. The largest absolute Gasteiger partial charge is 0.362 e. The number of nitrogens with one attached hydrogen (secondary N) is 1. The average Bonchev–Trinajstić information content (AvgIpc) is 2.60. The molecule has 1 fully saturated rings. The van der Waals surface area contributed by atoms with Crippen LogP contribution in [0.25, 0.3) is 0 Å².